The third-order valence-electron chi connectivity index (χ3n) is 2.89. The number of anilines is 1. The van der Waals surface area contributed by atoms with Crippen LogP contribution >= 0.6 is 24.8 Å². The topological polar surface area (TPSA) is 59.2 Å². The van der Waals surface area contributed by atoms with Crippen LogP contribution in [0.5, 0.6) is 0 Å². The van der Waals surface area contributed by atoms with Crippen LogP contribution in [0.25, 0.3) is 0 Å². The normalized spacial score (nSPS) is 15.4. The summed E-state index contributed by atoms with van der Waals surface area (Å²) < 4.78 is 0. The molecule has 2 heterocycles. The highest BCUT2D eigenvalue weighted by Crippen LogP contribution is 2.20. The van der Waals surface area contributed by atoms with Crippen molar-refractivity contribution in [2.24, 2.45) is 5.73 Å². The molecule has 1 fully saturated rings. The Morgan fingerprint density at radius 1 is 1.28 bits per heavy atom. The van der Waals surface area contributed by atoms with Gasteiger partial charge in [-0.05, 0) is 25.0 Å². The monoisotopic (exact) mass is 291 g/mol. The molecule has 0 saturated carbocycles. The smallest absolute Gasteiger partial charge is 0.226 e. The summed E-state index contributed by atoms with van der Waals surface area (Å²) in [5, 5.41) is 0. The number of rotatable bonds is 2. The summed E-state index contributed by atoms with van der Waals surface area (Å²) in [5.74, 6) is 0.215. The molecule has 2 rings (SSSR count). The molecule has 1 aliphatic heterocycles. The number of halogens is 2. The molecule has 2 N–H and O–H groups in total. The van der Waals surface area contributed by atoms with Crippen molar-refractivity contribution in [2.45, 2.75) is 32.2 Å². The zero-order valence-electron chi connectivity index (χ0n) is 10.2. The maximum absolute atomic E-state index is 11.9. The Morgan fingerprint density at radius 3 is 2.78 bits per heavy atom. The van der Waals surface area contributed by atoms with Crippen LogP contribution in [0.2, 0.25) is 0 Å². The van der Waals surface area contributed by atoms with E-state index in [1.807, 2.05) is 17.0 Å². The molecule has 0 bridgehead atoms. The van der Waals surface area contributed by atoms with Crippen molar-refractivity contribution in [2.75, 3.05) is 11.4 Å². The molecule has 4 nitrogen and oxygen atoms in total. The van der Waals surface area contributed by atoms with E-state index in [4.69, 9.17) is 5.73 Å². The average Bonchev–Trinajstić information content (AvgIpc) is 2.54. The Bertz CT molecular complexity index is 387. The molecule has 18 heavy (non-hydrogen) atoms. The fraction of sp³-hybridized carbons (Fsp3) is 0.500. The van der Waals surface area contributed by atoms with Crippen LogP contribution in [-0.4, -0.2) is 17.4 Å². The molecular formula is C12H19Cl2N3O. The molecule has 0 unspecified atom stereocenters. The standard InChI is InChI=1S/C12H17N3O.2ClH/c13-9-10-8-11(5-6-14-10)15-7-3-1-2-4-12(15)16;;/h5-6,8H,1-4,7,9,13H2;2*1H. The molecule has 1 aliphatic rings. The van der Waals surface area contributed by atoms with E-state index in [1.54, 1.807) is 6.20 Å². The Hall–Kier alpha value is -0.840. The van der Waals surface area contributed by atoms with E-state index in [0.29, 0.717) is 13.0 Å². The molecule has 0 atom stereocenters. The lowest BCUT2D eigenvalue weighted by molar-refractivity contribution is -0.118. The van der Waals surface area contributed by atoms with Gasteiger partial charge in [-0.15, -0.1) is 24.8 Å². The minimum atomic E-state index is 0. The van der Waals surface area contributed by atoms with Crippen LogP contribution < -0.4 is 10.6 Å². The van der Waals surface area contributed by atoms with Crippen LogP contribution in [0.1, 0.15) is 31.4 Å². The molecule has 1 saturated heterocycles. The summed E-state index contributed by atoms with van der Waals surface area (Å²) >= 11 is 0. The minimum Gasteiger partial charge on any atom is -0.325 e. The van der Waals surface area contributed by atoms with E-state index in [9.17, 15) is 4.79 Å². The molecule has 0 aliphatic carbocycles. The zero-order chi connectivity index (χ0) is 11.4. The maximum atomic E-state index is 11.9. The molecular weight excluding hydrogens is 273 g/mol. The van der Waals surface area contributed by atoms with Gasteiger partial charge in [-0.3, -0.25) is 9.78 Å². The number of pyridine rings is 1. The second-order valence-electron chi connectivity index (χ2n) is 4.07. The molecule has 0 spiro atoms. The highest BCUT2D eigenvalue weighted by Gasteiger charge is 2.18. The van der Waals surface area contributed by atoms with Crippen LogP contribution in [-0.2, 0) is 11.3 Å². The summed E-state index contributed by atoms with van der Waals surface area (Å²) in [7, 11) is 0. The van der Waals surface area contributed by atoms with E-state index in [1.165, 1.54) is 0 Å². The van der Waals surface area contributed by atoms with Crippen molar-refractivity contribution < 1.29 is 4.79 Å². The minimum absolute atomic E-state index is 0. The first kappa shape index (κ1) is 17.2. The lowest BCUT2D eigenvalue weighted by atomic mass is 10.2. The number of carbonyl (C=O) groups is 1. The average molecular weight is 292 g/mol. The van der Waals surface area contributed by atoms with Crippen LogP contribution in [0, 0.1) is 0 Å². The van der Waals surface area contributed by atoms with Gasteiger partial charge in [0, 0.05) is 31.4 Å². The van der Waals surface area contributed by atoms with Gasteiger partial charge in [0.1, 0.15) is 0 Å². The lowest BCUT2D eigenvalue weighted by Crippen LogP contribution is -2.30. The largest absolute Gasteiger partial charge is 0.325 e. The summed E-state index contributed by atoms with van der Waals surface area (Å²) in [6, 6.07) is 3.78. The first-order chi connectivity index (χ1) is 7.81. The molecule has 1 amide bonds. The molecule has 0 radical (unpaired) electrons. The number of aromatic nitrogens is 1. The second-order valence-corrected chi connectivity index (χ2v) is 4.07. The van der Waals surface area contributed by atoms with Crippen molar-refractivity contribution in [1.29, 1.82) is 0 Å². The Labute approximate surface area is 120 Å². The number of nitrogens with two attached hydrogens (primary N) is 1. The number of amides is 1. The van der Waals surface area contributed by atoms with E-state index < -0.39 is 0 Å². The van der Waals surface area contributed by atoms with E-state index in [0.717, 1.165) is 37.2 Å². The molecule has 6 heteroatoms. The van der Waals surface area contributed by atoms with E-state index in [-0.39, 0.29) is 30.7 Å². The van der Waals surface area contributed by atoms with Gasteiger partial charge in [-0.1, -0.05) is 6.42 Å². The quantitative estimate of drug-likeness (QED) is 0.909. The van der Waals surface area contributed by atoms with Crippen LogP contribution in [0.15, 0.2) is 18.3 Å². The molecule has 102 valence electrons. The summed E-state index contributed by atoms with van der Waals surface area (Å²) in [6.45, 7) is 1.22. The van der Waals surface area contributed by atoms with Crippen molar-refractivity contribution in [1.82, 2.24) is 4.98 Å². The third kappa shape index (κ3) is 4.12. The first-order valence-electron chi connectivity index (χ1n) is 5.76. The van der Waals surface area contributed by atoms with Gasteiger partial charge in [-0.25, -0.2) is 0 Å². The van der Waals surface area contributed by atoms with Gasteiger partial charge in [0.15, 0.2) is 0 Å². The molecule has 1 aromatic rings. The van der Waals surface area contributed by atoms with Crippen LogP contribution in [0.4, 0.5) is 5.69 Å². The van der Waals surface area contributed by atoms with Gasteiger partial charge in [0.25, 0.3) is 0 Å². The van der Waals surface area contributed by atoms with Crippen molar-refractivity contribution in [3.05, 3.63) is 24.0 Å². The number of carbonyl (C=O) groups excluding carboxylic acids is 1. The molecule has 0 aromatic carbocycles. The van der Waals surface area contributed by atoms with E-state index in [2.05, 4.69) is 4.98 Å². The van der Waals surface area contributed by atoms with Gasteiger partial charge in [0.2, 0.25) is 5.91 Å². The highest BCUT2D eigenvalue weighted by atomic mass is 35.5. The first-order valence-corrected chi connectivity index (χ1v) is 5.76. The summed E-state index contributed by atoms with van der Waals surface area (Å²) in [4.78, 5) is 17.9. The Balaban J connectivity index is 0.00000144. The number of nitrogens with zero attached hydrogens (tertiary/aromatic N) is 2. The fourth-order valence-electron chi connectivity index (χ4n) is 2.00. The van der Waals surface area contributed by atoms with Crippen LogP contribution in [0.3, 0.4) is 0 Å². The lowest BCUT2D eigenvalue weighted by Gasteiger charge is -2.20. The summed E-state index contributed by atoms with van der Waals surface area (Å²) in [5.41, 5.74) is 7.31. The number of hydrogen-bond donors (Lipinski definition) is 1. The zero-order valence-corrected chi connectivity index (χ0v) is 11.8. The molecule has 1 aromatic heterocycles. The van der Waals surface area contributed by atoms with Gasteiger partial charge < -0.3 is 10.6 Å². The maximum Gasteiger partial charge on any atom is 0.226 e. The SMILES string of the molecule is Cl.Cl.NCc1cc(N2CCCCCC2=O)ccn1. The number of hydrogen-bond acceptors (Lipinski definition) is 3. The van der Waals surface area contributed by atoms with Crippen molar-refractivity contribution in [3.8, 4) is 0 Å². The Kier molecular flexibility index (Phi) is 7.91. The van der Waals surface area contributed by atoms with Gasteiger partial charge in [0.05, 0.1) is 5.69 Å². The second kappa shape index (κ2) is 8.29. The predicted octanol–water partition coefficient (Wildman–Crippen LogP) is 2.29. The van der Waals surface area contributed by atoms with Gasteiger partial charge in [-0.2, -0.15) is 0 Å². The highest BCUT2D eigenvalue weighted by molar-refractivity contribution is 5.93. The fourth-order valence-corrected chi connectivity index (χ4v) is 2.00. The van der Waals surface area contributed by atoms with E-state index >= 15 is 0 Å². The van der Waals surface area contributed by atoms with Crippen molar-refractivity contribution in [3.63, 3.8) is 0 Å². The predicted molar refractivity (Wildman–Crippen MR) is 77.4 cm³/mol. The summed E-state index contributed by atoms with van der Waals surface area (Å²) in [6.07, 6.45) is 5.59. The van der Waals surface area contributed by atoms with Crippen molar-refractivity contribution >= 4 is 36.4 Å². The Morgan fingerprint density at radius 2 is 2.06 bits per heavy atom. The third-order valence-corrected chi connectivity index (χ3v) is 2.89. The van der Waals surface area contributed by atoms with Gasteiger partial charge >= 0.3 is 0 Å².